The SMILES string of the molecule is NC(=O)c1c(F)ccc(O[C@H](CO)c2nc(-c3cncs3)c(Br)o2)c1F. The summed E-state index contributed by atoms with van der Waals surface area (Å²) in [6.07, 6.45) is 0.374. The first-order valence-electron chi connectivity index (χ1n) is 7.02. The van der Waals surface area contributed by atoms with Crippen LogP contribution >= 0.6 is 27.3 Å². The van der Waals surface area contributed by atoms with E-state index in [1.54, 1.807) is 11.7 Å². The topological polar surface area (TPSA) is 111 Å². The minimum atomic E-state index is -1.28. The van der Waals surface area contributed by atoms with Crippen LogP contribution in [0.5, 0.6) is 5.75 Å². The number of hydrogen-bond donors (Lipinski definition) is 2. The predicted octanol–water partition coefficient (Wildman–Crippen LogP) is 3.05. The molecule has 0 radical (unpaired) electrons. The molecule has 136 valence electrons. The van der Waals surface area contributed by atoms with E-state index in [0.717, 1.165) is 12.1 Å². The quantitative estimate of drug-likeness (QED) is 0.602. The van der Waals surface area contributed by atoms with E-state index in [0.29, 0.717) is 10.6 Å². The van der Waals surface area contributed by atoms with Gasteiger partial charge in [0.25, 0.3) is 5.91 Å². The number of primary amides is 1. The van der Waals surface area contributed by atoms with Crippen molar-refractivity contribution in [1.29, 1.82) is 0 Å². The maximum absolute atomic E-state index is 14.3. The lowest BCUT2D eigenvalue weighted by atomic mass is 10.1. The number of hydrogen-bond acceptors (Lipinski definition) is 7. The molecule has 0 aliphatic heterocycles. The Labute approximate surface area is 157 Å². The summed E-state index contributed by atoms with van der Waals surface area (Å²) in [6.45, 7) is -0.613. The van der Waals surface area contributed by atoms with Crippen LogP contribution in [0.3, 0.4) is 0 Å². The molecule has 0 unspecified atom stereocenters. The normalized spacial score (nSPS) is 12.2. The largest absolute Gasteiger partial charge is 0.475 e. The number of amides is 1. The van der Waals surface area contributed by atoms with Crippen molar-refractivity contribution in [3.8, 4) is 16.3 Å². The van der Waals surface area contributed by atoms with Crippen molar-refractivity contribution in [2.24, 2.45) is 5.73 Å². The van der Waals surface area contributed by atoms with Gasteiger partial charge in [-0.1, -0.05) is 0 Å². The summed E-state index contributed by atoms with van der Waals surface area (Å²) < 4.78 is 38.9. The van der Waals surface area contributed by atoms with Gasteiger partial charge in [0.15, 0.2) is 22.3 Å². The second kappa shape index (κ2) is 7.48. The van der Waals surface area contributed by atoms with Gasteiger partial charge >= 0.3 is 0 Å². The lowest BCUT2D eigenvalue weighted by Gasteiger charge is -2.15. The second-order valence-electron chi connectivity index (χ2n) is 4.93. The van der Waals surface area contributed by atoms with E-state index >= 15 is 0 Å². The molecule has 2 aromatic heterocycles. The van der Waals surface area contributed by atoms with Crippen LogP contribution in [0, 0.1) is 11.6 Å². The van der Waals surface area contributed by atoms with E-state index in [4.69, 9.17) is 14.9 Å². The molecule has 0 fully saturated rings. The van der Waals surface area contributed by atoms with Crippen LogP contribution in [0.2, 0.25) is 0 Å². The van der Waals surface area contributed by atoms with Gasteiger partial charge in [0, 0.05) is 6.20 Å². The molecule has 1 aromatic carbocycles. The third-order valence-corrected chi connectivity index (χ3v) is 4.60. The Bertz CT molecular complexity index is 949. The lowest BCUT2D eigenvalue weighted by Crippen LogP contribution is -2.18. The van der Waals surface area contributed by atoms with Crippen LogP contribution < -0.4 is 10.5 Å². The van der Waals surface area contributed by atoms with E-state index in [-0.39, 0.29) is 10.6 Å². The fourth-order valence-electron chi connectivity index (χ4n) is 2.11. The summed E-state index contributed by atoms with van der Waals surface area (Å²) in [5.74, 6) is -4.20. The van der Waals surface area contributed by atoms with Gasteiger partial charge in [-0.15, -0.1) is 11.3 Å². The van der Waals surface area contributed by atoms with Gasteiger partial charge in [0.2, 0.25) is 5.89 Å². The summed E-state index contributed by atoms with van der Waals surface area (Å²) in [6, 6.07) is 1.81. The Hall–Kier alpha value is -2.37. The lowest BCUT2D eigenvalue weighted by molar-refractivity contribution is 0.0880. The number of oxazole rings is 1. The number of aromatic nitrogens is 2. The molecular formula is C15H10BrF2N3O4S. The van der Waals surface area contributed by atoms with Crippen molar-refractivity contribution in [3.63, 3.8) is 0 Å². The van der Waals surface area contributed by atoms with Crippen molar-refractivity contribution >= 4 is 33.2 Å². The van der Waals surface area contributed by atoms with Crippen LogP contribution in [0.15, 0.2) is 32.9 Å². The van der Waals surface area contributed by atoms with Crippen LogP contribution in [-0.4, -0.2) is 27.6 Å². The Morgan fingerprint density at radius 3 is 2.85 bits per heavy atom. The number of aliphatic hydroxyl groups excluding tert-OH is 1. The average Bonchev–Trinajstić information content (AvgIpc) is 3.23. The van der Waals surface area contributed by atoms with Crippen molar-refractivity contribution in [1.82, 2.24) is 9.97 Å². The molecule has 3 N–H and O–H groups in total. The Balaban J connectivity index is 1.93. The minimum Gasteiger partial charge on any atom is -0.475 e. The molecule has 0 aliphatic rings. The van der Waals surface area contributed by atoms with Crippen molar-refractivity contribution in [2.75, 3.05) is 6.61 Å². The summed E-state index contributed by atoms with van der Waals surface area (Å²) in [5.41, 5.74) is 6.08. The van der Waals surface area contributed by atoms with Crippen molar-refractivity contribution in [3.05, 3.63) is 51.6 Å². The molecule has 26 heavy (non-hydrogen) atoms. The summed E-state index contributed by atoms with van der Waals surface area (Å²) in [5, 5.41) is 9.56. The molecule has 1 amide bonds. The molecule has 3 rings (SSSR count). The molecule has 0 saturated heterocycles. The van der Waals surface area contributed by atoms with Crippen LogP contribution in [-0.2, 0) is 0 Å². The minimum absolute atomic E-state index is 0.0490. The average molecular weight is 446 g/mol. The zero-order valence-corrected chi connectivity index (χ0v) is 15.2. The molecule has 0 aliphatic carbocycles. The molecule has 1 atom stereocenters. The van der Waals surface area contributed by atoms with Gasteiger partial charge in [-0.2, -0.15) is 0 Å². The zero-order chi connectivity index (χ0) is 18.8. The molecular weight excluding hydrogens is 436 g/mol. The first-order chi connectivity index (χ1) is 12.4. The van der Waals surface area contributed by atoms with Crippen molar-refractivity contribution in [2.45, 2.75) is 6.10 Å². The predicted molar refractivity (Wildman–Crippen MR) is 90.6 cm³/mol. The van der Waals surface area contributed by atoms with Gasteiger partial charge in [-0.3, -0.25) is 9.78 Å². The standard InChI is InChI=1S/C15H10BrF2N3O4S/c16-13-12(9-3-20-5-26-9)21-15(25-13)8(4-22)24-7-2-1-6(17)10(11(7)18)14(19)23/h1-3,5,8,22H,4H2,(H2,19,23)/t8-/m1/s1. The molecule has 11 heteroatoms. The number of carbonyl (C=O) groups is 1. The third kappa shape index (κ3) is 3.45. The number of nitrogens with zero attached hydrogens (tertiary/aromatic N) is 2. The first kappa shape index (κ1) is 18.4. The molecule has 7 nitrogen and oxygen atoms in total. The van der Waals surface area contributed by atoms with Gasteiger partial charge in [-0.25, -0.2) is 13.8 Å². The van der Waals surface area contributed by atoms with E-state index in [9.17, 15) is 18.7 Å². The molecule has 0 spiro atoms. The number of halogens is 3. The number of carbonyl (C=O) groups excluding carboxylic acids is 1. The highest BCUT2D eigenvalue weighted by atomic mass is 79.9. The molecule has 3 aromatic rings. The number of benzene rings is 1. The second-order valence-corrected chi connectivity index (χ2v) is 6.53. The van der Waals surface area contributed by atoms with Gasteiger partial charge < -0.3 is 20.0 Å². The smallest absolute Gasteiger partial charge is 0.254 e. The number of rotatable bonds is 6. The molecule has 0 bridgehead atoms. The highest BCUT2D eigenvalue weighted by Crippen LogP contribution is 2.34. The van der Waals surface area contributed by atoms with Gasteiger partial charge in [0.05, 0.1) is 17.0 Å². The van der Waals surface area contributed by atoms with Crippen LogP contribution in [0.1, 0.15) is 22.4 Å². The highest BCUT2D eigenvalue weighted by molar-refractivity contribution is 9.10. The monoisotopic (exact) mass is 445 g/mol. The van der Waals surface area contributed by atoms with Gasteiger partial charge in [0.1, 0.15) is 17.1 Å². The van der Waals surface area contributed by atoms with E-state index in [1.807, 2.05) is 0 Å². The Morgan fingerprint density at radius 2 is 2.23 bits per heavy atom. The fourth-order valence-corrected chi connectivity index (χ4v) is 3.32. The van der Waals surface area contributed by atoms with Crippen molar-refractivity contribution < 1.29 is 27.8 Å². The van der Waals surface area contributed by atoms with E-state index < -0.39 is 41.6 Å². The van der Waals surface area contributed by atoms with Crippen LogP contribution in [0.4, 0.5) is 8.78 Å². The van der Waals surface area contributed by atoms with Crippen LogP contribution in [0.25, 0.3) is 10.6 Å². The number of aliphatic hydroxyl groups is 1. The first-order valence-corrected chi connectivity index (χ1v) is 8.70. The number of ether oxygens (including phenoxy) is 1. The fraction of sp³-hybridized carbons (Fsp3) is 0.133. The summed E-state index contributed by atoms with van der Waals surface area (Å²) >= 11 is 4.52. The molecule has 0 saturated carbocycles. The maximum atomic E-state index is 14.3. The Morgan fingerprint density at radius 1 is 1.46 bits per heavy atom. The number of thiazole rings is 1. The highest BCUT2D eigenvalue weighted by Gasteiger charge is 2.26. The zero-order valence-electron chi connectivity index (χ0n) is 12.8. The molecule has 2 heterocycles. The Kier molecular flexibility index (Phi) is 5.30. The summed E-state index contributed by atoms with van der Waals surface area (Å²) in [4.78, 5) is 20.0. The summed E-state index contributed by atoms with van der Waals surface area (Å²) in [7, 11) is 0. The van der Waals surface area contributed by atoms with E-state index in [2.05, 4.69) is 25.9 Å². The number of nitrogens with two attached hydrogens (primary N) is 1. The van der Waals surface area contributed by atoms with Gasteiger partial charge in [-0.05, 0) is 28.1 Å². The maximum Gasteiger partial charge on any atom is 0.254 e. The third-order valence-electron chi connectivity index (χ3n) is 3.28. The van der Waals surface area contributed by atoms with E-state index in [1.165, 1.54) is 11.3 Å².